The van der Waals surface area contributed by atoms with Gasteiger partial charge in [-0.2, -0.15) is 0 Å². The van der Waals surface area contributed by atoms with E-state index in [-0.39, 0.29) is 5.71 Å². The van der Waals surface area contributed by atoms with Crippen LogP contribution in [-0.2, 0) is 4.79 Å². The molecule has 1 aromatic heterocycles. The predicted octanol–water partition coefficient (Wildman–Crippen LogP) is 2.96. The maximum Gasteiger partial charge on any atom is 0.273 e. The minimum absolute atomic E-state index is 0.217. The van der Waals surface area contributed by atoms with Gasteiger partial charge < -0.3 is 15.4 Å². The predicted molar refractivity (Wildman–Crippen MR) is 95.6 cm³/mol. The summed E-state index contributed by atoms with van der Waals surface area (Å²) in [5, 5.41) is 14.1. The first kappa shape index (κ1) is 17.5. The summed E-state index contributed by atoms with van der Waals surface area (Å²) >= 11 is 5.98. The first-order valence-corrected chi connectivity index (χ1v) is 7.46. The van der Waals surface area contributed by atoms with Crippen LogP contribution in [0.25, 0.3) is 5.70 Å². The second-order valence-corrected chi connectivity index (χ2v) is 5.20. The standard InChI is InChI=1S/C17H17ClN4O2/c1-20-14(11-4-3-5-12(18)8-11)9-13(19)17(23)22-15-10-21-7-6-16(15)24-2/h3-10,19-20H,1-2H3,(H,22,23)/b14-9-,19-13?. The molecule has 0 aliphatic heterocycles. The lowest BCUT2D eigenvalue weighted by molar-refractivity contribution is -0.110. The molecule has 0 atom stereocenters. The number of hydrogen-bond acceptors (Lipinski definition) is 5. The van der Waals surface area contributed by atoms with E-state index < -0.39 is 5.91 Å². The van der Waals surface area contributed by atoms with Crippen molar-refractivity contribution in [1.29, 1.82) is 5.41 Å². The highest BCUT2D eigenvalue weighted by Gasteiger charge is 2.12. The zero-order valence-corrected chi connectivity index (χ0v) is 14.0. The van der Waals surface area contributed by atoms with Gasteiger partial charge in [0.05, 0.1) is 13.3 Å². The Labute approximate surface area is 145 Å². The van der Waals surface area contributed by atoms with E-state index in [0.29, 0.717) is 22.2 Å². The molecule has 24 heavy (non-hydrogen) atoms. The van der Waals surface area contributed by atoms with Crippen molar-refractivity contribution in [2.45, 2.75) is 0 Å². The van der Waals surface area contributed by atoms with Gasteiger partial charge in [0.2, 0.25) is 0 Å². The third kappa shape index (κ3) is 4.33. The molecule has 2 rings (SSSR count). The molecule has 0 spiro atoms. The maximum absolute atomic E-state index is 12.2. The number of carbonyl (C=O) groups is 1. The number of rotatable bonds is 6. The van der Waals surface area contributed by atoms with Crippen LogP contribution in [0, 0.1) is 5.41 Å². The molecular formula is C17H17ClN4O2. The van der Waals surface area contributed by atoms with Gasteiger partial charge in [0.1, 0.15) is 17.1 Å². The molecule has 3 N–H and O–H groups in total. The molecule has 1 aromatic carbocycles. The number of halogens is 1. The Bertz CT molecular complexity index is 790. The van der Waals surface area contributed by atoms with Gasteiger partial charge in [0.15, 0.2) is 0 Å². The molecule has 0 radical (unpaired) electrons. The van der Waals surface area contributed by atoms with E-state index in [0.717, 1.165) is 5.56 Å². The Morgan fingerprint density at radius 2 is 2.17 bits per heavy atom. The van der Waals surface area contributed by atoms with Crippen LogP contribution >= 0.6 is 11.6 Å². The first-order valence-electron chi connectivity index (χ1n) is 7.08. The van der Waals surface area contributed by atoms with Crippen LogP contribution in [-0.4, -0.2) is 30.8 Å². The number of nitrogens with zero attached hydrogens (tertiary/aromatic N) is 1. The summed E-state index contributed by atoms with van der Waals surface area (Å²) in [5.41, 5.74) is 1.57. The fourth-order valence-electron chi connectivity index (χ4n) is 2.01. The van der Waals surface area contributed by atoms with Crippen LogP contribution in [0.15, 0.2) is 48.8 Å². The first-order chi connectivity index (χ1) is 11.5. The van der Waals surface area contributed by atoms with E-state index in [2.05, 4.69) is 15.6 Å². The van der Waals surface area contributed by atoms with E-state index >= 15 is 0 Å². The van der Waals surface area contributed by atoms with Crippen molar-refractivity contribution in [3.05, 3.63) is 59.4 Å². The number of pyridine rings is 1. The number of aromatic nitrogens is 1. The molecule has 0 saturated heterocycles. The minimum atomic E-state index is -0.573. The van der Waals surface area contributed by atoms with Crippen molar-refractivity contribution in [3.63, 3.8) is 0 Å². The number of nitrogens with one attached hydrogen (secondary N) is 3. The zero-order valence-electron chi connectivity index (χ0n) is 13.3. The summed E-state index contributed by atoms with van der Waals surface area (Å²) in [6.45, 7) is 0. The van der Waals surface area contributed by atoms with Crippen molar-refractivity contribution in [3.8, 4) is 5.75 Å². The maximum atomic E-state index is 12.2. The Balaban J connectivity index is 2.19. The Morgan fingerprint density at radius 1 is 1.38 bits per heavy atom. The van der Waals surface area contributed by atoms with Gasteiger partial charge in [0, 0.05) is 30.0 Å². The lowest BCUT2D eigenvalue weighted by Crippen LogP contribution is -2.22. The number of methoxy groups -OCH3 is 1. The van der Waals surface area contributed by atoms with Crippen molar-refractivity contribution < 1.29 is 9.53 Å². The quantitative estimate of drug-likeness (QED) is 0.703. The van der Waals surface area contributed by atoms with Gasteiger partial charge in [-0.05, 0) is 23.8 Å². The number of ether oxygens (including phenoxy) is 1. The van der Waals surface area contributed by atoms with Crippen molar-refractivity contribution in [2.24, 2.45) is 0 Å². The van der Waals surface area contributed by atoms with Gasteiger partial charge in [0.25, 0.3) is 5.91 Å². The highest BCUT2D eigenvalue weighted by Crippen LogP contribution is 2.22. The number of hydrogen-bond donors (Lipinski definition) is 3. The number of benzene rings is 1. The van der Waals surface area contributed by atoms with Crippen LogP contribution in [0.5, 0.6) is 5.75 Å². The summed E-state index contributed by atoms with van der Waals surface area (Å²) < 4.78 is 5.14. The minimum Gasteiger partial charge on any atom is -0.494 e. The molecule has 2 aromatic rings. The van der Waals surface area contributed by atoms with Gasteiger partial charge >= 0.3 is 0 Å². The smallest absolute Gasteiger partial charge is 0.273 e. The second kappa shape index (κ2) is 8.12. The van der Waals surface area contributed by atoms with Crippen LogP contribution in [0.1, 0.15) is 5.56 Å². The van der Waals surface area contributed by atoms with E-state index in [1.165, 1.54) is 19.4 Å². The van der Waals surface area contributed by atoms with Crippen molar-refractivity contribution in [1.82, 2.24) is 10.3 Å². The summed E-state index contributed by atoms with van der Waals surface area (Å²) in [5.74, 6) is -0.102. The molecule has 1 heterocycles. The molecule has 7 heteroatoms. The molecule has 0 unspecified atom stereocenters. The molecule has 0 saturated carbocycles. The number of amides is 1. The van der Waals surface area contributed by atoms with E-state index in [4.69, 9.17) is 21.7 Å². The van der Waals surface area contributed by atoms with Crippen molar-refractivity contribution in [2.75, 3.05) is 19.5 Å². The highest BCUT2D eigenvalue weighted by atomic mass is 35.5. The fraction of sp³-hybridized carbons (Fsp3) is 0.118. The number of anilines is 1. The van der Waals surface area contributed by atoms with E-state index in [1.54, 1.807) is 37.5 Å². The van der Waals surface area contributed by atoms with Gasteiger partial charge in [-0.3, -0.25) is 15.2 Å². The lowest BCUT2D eigenvalue weighted by Gasteiger charge is -2.10. The van der Waals surface area contributed by atoms with Gasteiger partial charge in [-0.1, -0.05) is 23.7 Å². The average Bonchev–Trinajstić information content (AvgIpc) is 2.59. The molecule has 1 amide bonds. The molecule has 0 fully saturated rings. The van der Waals surface area contributed by atoms with Crippen LogP contribution < -0.4 is 15.4 Å². The SMILES string of the molecule is CN/C(=C\C(=N)C(=O)Nc1cnccc1OC)c1cccc(Cl)c1. The Morgan fingerprint density at radius 3 is 2.83 bits per heavy atom. The van der Waals surface area contributed by atoms with Crippen LogP contribution in [0.4, 0.5) is 5.69 Å². The van der Waals surface area contributed by atoms with Crippen molar-refractivity contribution >= 4 is 34.6 Å². The zero-order chi connectivity index (χ0) is 17.5. The normalized spacial score (nSPS) is 10.9. The summed E-state index contributed by atoms with van der Waals surface area (Å²) in [6.07, 6.45) is 4.45. The molecule has 0 bridgehead atoms. The van der Waals surface area contributed by atoms with Crippen LogP contribution in [0.2, 0.25) is 5.02 Å². The van der Waals surface area contributed by atoms with Gasteiger partial charge in [-0.15, -0.1) is 0 Å². The summed E-state index contributed by atoms with van der Waals surface area (Å²) in [6, 6.07) is 8.76. The fourth-order valence-corrected chi connectivity index (χ4v) is 2.20. The molecule has 124 valence electrons. The third-order valence-corrected chi connectivity index (χ3v) is 3.42. The monoisotopic (exact) mass is 344 g/mol. The third-order valence-electron chi connectivity index (χ3n) is 3.19. The van der Waals surface area contributed by atoms with Gasteiger partial charge in [-0.25, -0.2) is 0 Å². The average molecular weight is 345 g/mol. The Hall–Kier alpha value is -2.86. The second-order valence-electron chi connectivity index (χ2n) is 4.76. The largest absolute Gasteiger partial charge is 0.494 e. The molecular weight excluding hydrogens is 328 g/mol. The topological polar surface area (TPSA) is 87.1 Å². The van der Waals surface area contributed by atoms with Crippen LogP contribution in [0.3, 0.4) is 0 Å². The highest BCUT2D eigenvalue weighted by molar-refractivity contribution is 6.46. The molecule has 0 aliphatic carbocycles. The summed E-state index contributed by atoms with van der Waals surface area (Å²) in [7, 11) is 3.20. The van der Waals surface area contributed by atoms with E-state index in [9.17, 15) is 4.79 Å². The molecule has 0 aliphatic rings. The number of carbonyl (C=O) groups excluding carboxylic acids is 1. The lowest BCUT2D eigenvalue weighted by atomic mass is 10.1. The molecule has 6 nitrogen and oxygen atoms in total. The Kier molecular flexibility index (Phi) is 5.92. The van der Waals surface area contributed by atoms with E-state index in [1.807, 2.05) is 6.07 Å². The summed E-state index contributed by atoms with van der Waals surface area (Å²) in [4.78, 5) is 16.1.